The molecule has 0 atom stereocenters. The number of thiophene rings is 1. The topological polar surface area (TPSA) is 60.3 Å². The Balaban J connectivity index is 1.54. The van der Waals surface area contributed by atoms with E-state index in [0.717, 1.165) is 45.7 Å². The highest BCUT2D eigenvalue weighted by Crippen LogP contribution is 2.34. The van der Waals surface area contributed by atoms with Crippen LogP contribution in [0, 0.1) is 0 Å². The van der Waals surface area contributed by atoms with Crippen molar-refractivity contribution in [2.45, 2.75) is 43.8 Å². The number of piperidine rings is 1. The van der Waals surface area contributed by atoms with Gasteiger partial charge in [-0.1, -0.05) is 23.4 Å². The second-order valence-corrected chi connectivity index (χ2v) is 8.72. The minimum Gasteiger partial charge on any atom is -0.444 e. The maximum atomic E-state index is 11.2. The number of aromatic nitrogens is 3. The Bertz CT molecular complexity index is 982. The van der Waals surface area contributed by atoms with Gasteiger partial charge in [-0.25, -0.2) is 4.98 Å². The number of anilines is 1. The molecule has 0 N–H and O–H groups in total. The summed E-state index contributed by atoms with van der Waals surface area (Å²) in [6.07, 6.45) is 5.51. The van der Waals surface area contributed by atoms with Crippen molar-refractivity contribution >= 4 is 57.4 Å². The number of fused-ring (bicyclic) bond motifs is 1. The van der Waals surface area contributed by atoms with E-state index in [1.54, 1.807) is 23.1 Å². The molecule has 4 heterocycles. The molecule has 0 unspecified atom stereocenters. The van der Waals surface area contributed by atoms with E-state index in [0.29, 0.717) is 5.75 Å². The van der Waals surface area contributed by atoms with Crippen molar-refractivity contribution in [3.05, 3.63) is 33.7 Å². The lowest BCUT2D eigenvalue weighted by Gasteiger charge is -2.29. The van der Waals surface area contributed by atoms with Gasteiger partial charge in [0.15, 0.2) is 11.9 Å². The molecule has 4 rings (SSSR count). The molecule has 0 saturated carbocycles. The molecule has 1 fully saturated rings. The quantitative estimate of drug-likeness (QED) is 0.402. The van der Waals surface area contributed by atoms with Crippen LogP contribution < -0.4 is 4.90 Å². The Labute approximate surface area is 176 Å². The van der Waals surface area contributed by atoms with E-state index in [1.807, 2.05) is 27.6 Å². The number of hydrogen-bond donors (Lipinski definition) is 0. The first-order valence-electron chi connectivity index (χ1n) is 9.20. The molecule has 9 heteroatoms. The summed E-state index contributed by atoms with van der Waals surface area (Å²) < 4.78 is 7.12. The second kappa shape index (κ2) is 8.71. The van der Waals surface area contributed by atoms with E-state index in [2.05, 4.69) is 14.9 Å². The van der Waals surface area contributed by atoms with Gasteiger partial charge < -0.3 is 9.64 Å². The van der Waals surface area contributed by atoms with Crippen LogP contribution in [0.4, 0.5) is 5.69 Å². The predicted octanol–water partition coefficient (Wildman–Crippen LogP) is 4.95. The summed E-state index contributed by atoms with van der Waals surface area (Å²) >= 11 is 9.83. The molecular weight excluding hydrogens is 416 g/mol. The number of thioether (sulfide) groups is 1. The summed E-state index contributed by atoms with van der Waals surface area (Å²) in [6.45, 7) is 3.64. The average molecular weight is 437 g/mol. The fraction of sp³-hybridized carbons (Fsp3) is 0.421. The third-order valence-electron chi connectivity index (χ3n) is 4.73. The summed E-state index contributed by atoms with van der Waals surface area (Å²) in [4.78, 5) is 22.8. The van der Waals surface area contributed by atoms with Crippen LogP contribution in [-0.2, 0) is 22.0 Å². The van der Waals surface area contributed by atoms with Crippen LogP contribution in [0.2, 0.25) is 5.02 Å². The molecular formula is C19H21ClN4O2S2. The van der Waals surface area contributed by atoms with Crippen molar-refractivity contribution in [1.82, 2.24) is 14.5 Å². The van der Waals surface area contributed by atoms with Crippen molar-refractivity contribution < 1.29 is 9.53 Å². The van der Waals surface area contributed by atoms with Crippen molar-refractivity contribution in [2.75, 3.05) is 18.0 Å². The number of rotatable bonds is 6. The number of carbonyl (C=O) groups is 1. The first kappa shape index (κ1) is 19.5. The SMILES string of the molecule is CC(=O)OCn1c(SCc2nccc(N3CCCCC3)c2Cl)nc2cscc21. The lowest BCUT2D eigenvalue weighted by atomic mass is 10.1. The zero-order chi connectivity index (χ0) is 19.5. The monoisotopic (exact) mass is 436 g/mol. The fourth-order valence-electron chi connectivity index (χ4n) is 3.31. The first-order valence-corrected chi connectivity index (χ1v) is 11.5. The lowest BCUT2D eigenvalue weighted by Crippen LogP contribution is -2.29. The van der Waals surface area contributed by atoms with Crippen LogP contribution in [0.3, 0.4) is 0 Å². The van der Waals surface area contributed by atoms with E-state index in [-0.39, 0.29) is 12.7 Å². The third-order valence-corrected chi connectivity index (χ3v) is 6.85. The molecule has 0 aliphatic carbocycles. The number of esters is 1. The van der Waals surface area contributed by atoms with Gasteiger partial charge in [0, 0.05) is 42.7 Å². The van der Waals surface area contributed by atoms with Gasteiger partial charge in [-0.3, -0.25) is 14.3 Å². The van der Waals surface area contributed by atoms with Crippen LogP contribution in [-0.4, -0.2) is 33.6 Å². The van der Waals surface area contributed by atoms with E-state index in [4.69, 9.17) is 16.3 Å². The van der Waals surface area contributed by atoms with Crippen molar-refractivity contribution in [3.8, 4) is 0 Å². The standard InChI is InChI=1S/C19H21ClN4O2S2/c1-13(25)26-12-24-17-11-27-9-14(17)22-19(24)28-10-15-18(20)16(5-6-21-15)23-7-3-2-4-8-23/h5-6,9,11H,2-4,7-8,10,12H2,1H3. The Hall–Kier alpha value is -1.77. The normalized spacial score (nSPS) is 14.6. The Morgan fingerprint density at radius 3 is 2.93 bits per heavy atom. The van der Waals surface area contributed by atoms with Gasteiger partial charge in [-0.2, -0.15) is 0 Å². The molecule has 0 aromatic carbocycles. The number of ether oxygens (including phenoxy) is 1. The molecule has 0 bridgehead atoms. The highest BCUT2D eigenvalue weighted by atomic mass is 35.5. The van der Waals surface area contributed by atoms with Gasteiger partial charge >= 0.3 is 5.97 Å². The van der Waals surface area contributed by atoms with Crippen LogP contribution in [0.5, 0.6) is 0 Å². The smallest absolute Gasteiger partial charge is 0.304 e. The number of imidazole rings is 1. The Kier molecular flexibility index (Phi) is 6.08. The molecule has 1 aliphatic heterocycles. The fourth-order valence-corrected chi connectivity index (χ4v) is 5.39. The molecule has 1 aliphatic rings. The maximum absolute atomic E-state index is 11.2. The predicted molar refractivity (Wildman–Crippen MR) is 114 cm³/mol. The molecule has 0 spiro atoms. The number of nitrogens with zero attached hydrogens (tertiary/aromatic N) is 4. The van der Waals surface area contributed by atoms with E-state index < -0.39 is 0 Å². The number of pyridine rings is 1. The highest BCUT2D eigenvalue weighted by molar-refractivity contribution is 7.98. The molecule has 0 radical (unpaired) electrons. The van der Waals surface area contributed by atoms with Gasteiger partial charge in [-0.15, -0.1) is 11.3 Å². The van der Waals surface area contributed by atoms with E-state index in [1.165, 1.54) is 26.2 Å². The van der Waals surface area contributed by atoms with Gasteiger partial charge in [0.25, 0.3) is 0 Å². The van der Waals surface area contributed by atoms with Crippen LogP contribution >= 0.6 is 34.7 Å². The van der Waals surface area contributed by atoms with Crippen molar-refractivity contribution in [1.29, 1.82) is 0 Å². The highest BCUT2D eigenvalue weighted by Gasteiger charge is 2.18. The van der Waals surface area contributed by atoms with Crippen LogP contribution in [0.1, 0.15) is 31.9 Å². The minimum atomic E-state index is -0.313. The van der Waals surface area contributed by atoms with Crippen LogP contribution in [0.15, 0.2) is 28.2 Å². The lowest BCUT2D eigenvalue weighted by molar-refractivity contribution is -0.144. The molecule has 3 aromatic rings. The van der Waals surface area contributed by atoms with Gasteiger partial charge in [0.05, 0.1) is 21.9 Å². The Morgan fingerprint density at radius 2 is 2.14 bits per heavy atom. The molecule has 6 nitrogen and oxygen atoms in total. The molecule has 28 heavy (non-hydrogen) atoms. The van der Waals surface area contributed by atoms with Gasteiger partial charge in [-0.05, 0) is 25.3 Å². The zero-order valence-electron chi connectivity index (χ0n) is 15.6. The summed E-state index contributed by atoms with van der Waals surface area (Å²) in [5.41, 5.74) is 3.78. The molecule has 148 valence electrons. The Morgan fingerprint density at radius 1 is 1.32 bits per heavy atom. The molecule has 1 saturated heterocycles. The maximum Gasteiger partial charge on any atom is 0.304 e. The van der Waals surface area contributed by atoms with Crippen molar-refractivity contribution in [2.24, 2.45) is 0 Å². The van der Waals surface area contributed by atoms with E-state index >= 15 is 0 Å². The number of hydrogen-bond acceptors (Lipinski definition) is 7. The van der Waals surface area contributed by atoms with E-state index in [9.17, 15) is 4.79 Å². The zero-order valence-corrected chi connectivity index (χ0v) is 17.9. The first-order chi connectivity index (χ1) is 13.6. The van der Waals surface area contributed by atoms with Crippen molar-refractivity contribution in [3.63, 3.8) is 0 Å². The average Bonchev–Trinajstić information content (AvgIpc) is 3.27. The second-order valence-electron chi connectivity index (χ2n) is 6.66. The number of halogens is 1. The third kappa shape index (κ3) is 4.14. The number of carbonyl (C=O) groups excluding carboxylic acids is 1. The summed E-state index contributed by atoms with van der Waals surface area (Å²) in [7, 11) is 0. The summed E-state index contributed by atoms with van der Waals surface area (Å²) in [6, 6.07) is 2.00. The van der Waals surface area contributed by atoms with Gasteiger partial charge in [0.1, 0.15) is 5.52 Å². The largest absolute Gasteiger partial charge is 0.444 e. The van der Waals surface area contributed by atoms with Gasteiger partial charge in [0.2, 0.25) is 0 Å². The summed E-state index contributed by atoms with van der Waals surface area (Å²) in [5.74, 6) is 0.288. The summed E-state index contributed by atoms with van der Waals surface area (Å²) in [5, 5.41) is 5.51. The molecule has 0 amide bonds. The molecule has 3 aromatic heterocycles. The minimum absolute atomic E-state index is 0.153. The van der Waals surface area contributed by atoms with Crippen LogP contribution in [0.25, 0.3) is 11.0 Å².